The normalized spacial score (nSPS) is 19.2. The number of nitrogens with zero attached hydrogens (tertiary/aromatic N) is 2. The van der Waals surface area contributed by atoms with Crippen molar-refractivity contribution in [3.63, 3.8) is 0 Å². The van der Waals surface area contributed by atoms with E-state index < -0.39 is 17.2 Å². The monoisotopic (exact) mass is 501 g/mol. The number of amides is 1. The average Bonchev–Trinajstić information content (AvgIpc) is 3.26. The van der Waals surface area contributed by atoms with Crippen LogP contribution in [0.4, 0.5) is 0 Å². The smallest absolute Gasteiger partial charge is 0.329 e. The average molecular weight is 501 g/mol. The lowest BCUT2D eigenvalue weighted by molar-refractivity contribution is -0.106. The van der Waals surface area contributed by atoms with Crippen LogP contribution in [-0.2, 0) is 23.1 Å². The molecule has 1 rings (SSSR count). The fourth-order valence-corrected chi connectivity index (χ4v) is 3.15. The third-order valence-corrected chi connectivity index (χ3v) is 4.89. The Morgan fingerprint density at radius 2 is 1.84 bits per heavy atom. The Hall–Kier alpha value is -0.740. The predicted molar refractivity (Wildman–Crippen MR) is 127 cm³/mol. The Bertz CT molecular complexity index is 501. The quantitative estimate of drug-likeness (QED) is 0.0916. The van der Waals surface area contributed by atoms with Gasteiger partial charge in [0.2, 0.25) is 6.41 Å². The summed E-state index contributed by atoms with van der Waals surface area (Å²) < 4.78 is 20.7. The van der Waals surface area contributed by atoms with E-state index in [1.165, 1.54) is 6.08 Å². The molecule has 1 aliphatic rings. The number of aliphatic imine (C=N–C) groups is 1. The van der Waals surface area contributed by atoms with E-state index >= 15 is 0 Å². The first-order valence-corrected chi connectivity index (χ1v) is 13.0. The molecule has 0 aromatic rings. The van der Waals surface area contributed by atoms with Crippen molar-refractivity contribution in [2.24, 2.45) is 10.7 Å². The second kappa shape index (κ2) is 23.4. The van der Waals surface area contributed by atoms with Gasteiger partial charge in [0.15, 0.2) is 0 Å². The zero-order valence-corrected chi connectivity index (χ0v) is 21.6. The number of hydrogen-bond donors (Lipinski definition) is 4. The molecule has 3 unspecified atom stereocenters. The van der Waals surface area contributed by atoms with Gasteiger partial charge in [0, 0.05) is 13.2 Å². The molecule has 1 saturated heterocycles. The van der Waals surface area contributed by atoms with Gasteiger partial charge < -0.3 is 43.6 Å². The van der Waals surface area contributed by atoms with Gasteiger partial charge in [0.05, 0.1) is 25.9 Å². The summed E-state index contributed by atoms with van der Waals surface area (Å²) in [6.45, 7) is 9.19. The standard InChI is InChI=1S/C14H26N3O5P.C3H9O3P.C2H6/c1-3-4-9-20-23(19)21-10-12-5-6-14(22-12)17(2)8-7-13(15)16-11-18;1-2-3-6-7(4)5;1-2/h7-8,11-12,14,19H,3-6,9-10H2,1-2H3,(H2,15,16,18);4-5H,2-3H2,1H3;1-2H3/b8-7-;;. The molecule has 0 spiro atoms. The Morgan fingerprint density at radius 3 is 2.38 bits per heavy atom. The number of amidine groups is 1. The number of carbonyl (C=O) groups is 1. The highest BCUT2D eigenvalue weighted by Gasteiger charge is 2.28. The highest BCUT2D eigenvalue weighted by Crippen LogP contribution is 2.34. The van der Waals surface area contributed by atoms with E-state index in [1.807, 2.05) is 32.7 Å². The predicted octanol–water partition coefficient (Wildman–Crippen LogP) is 3.15. The summed E-state index contributed by atoms with van der Waals surface area (Å²) >= 11 is 0. The van der Waals surface area contributed by atoms with E-state index in [2.05, 4.69) is 16.4 Å². The fourth-order valence-electron chi connectivity index (χ4n) is 2.15. The third-order valence-electron chi connectivity index (χ3n) is 3.70. The van der Waals surface area contributed by atoms with E-state index in [0.29, 0.717) is 26.2 Å². The Morgan fingerprint density at radius 1 is 1.16 bits per heavy atom. The Kier molecular flexibility index (Phi) is 24.5. The van der Waals surface area contributed by atoms with Gasteiger partial charge in [-0.25, -0.2) is 0 Å². The molecule has 13 heteroatoms. The minimum absolute atomic E-state index is 0.0798. The summed E-state index contributed by atoms with van der Waals surface area (Å²) in [5.74, 6) is 0.139. The maximum absolute atomic E-state index is 10.2. The molecule has 5 N–H and O–H groups in total. The van der Waals surface area contributed by atoms with Crippen molar-refractivity contribution in [2.45, 2.75) is 72.1 Å². The first-order chi connectivity index (χ1) is 15.3. The molecular formula is C19H41N3O8P2. The Labute approximate surface area is 194 Å². The van der Waals surface area contributed by atoms with Crippen molar-refractivity contribution < 1.29 is 37.8 Å². The van der Waals surface area contributed by atoms with Crippen molar-refractivity contribution in [2.75, 3.05) is 26.9 Å². The largest absolute Gasteiger partial charge is 0.384 e. The van der Waals surface area contributed by atoms with Crippen molar-refractivity contribution in [3.05, 3.63) is 12.3 Å². The van der Waals surface area contributed by atoms with Gasteiger partial charge in [-0.1, -0.05) is 34.1 Å². The summed E-state index contributed by atoms with van der Waals surface area (Å²) in [5.41, 5.74) is 5.49. The molecule has 0 aromatic heterocycles. The maximum atomic E-state index is 10.2. The van der Waals surface area contributed by atoms with Crippen LogP contribution < -0.4 is 5.73 Å². The van der Waals surface area contributed by atoms with E-state index in [4.69, 9.17) is 29.3 Å². The molecule has 11 nitrogen and oxygen atoms in total. The molecule has 190 valence electrons. The number of rotatable bonds is 14. The first-order valence-electron chi connectivity index (χ1n) is 10.7. The number of unbranched alkanes of at least 4 members (excludes halogenated alkanes) is 1. The van der Waals surface area contributed by atoms with Gasteiger partial charge in [0.1, 0.15) is 12.1 Å². The summed E-state index contributed by atoms with van der Waals surface area (Å²) in [5, 5.41) is 0. The topological polar surface area (TPSA) is 156 Å². The summed E-state index contributed by atoms with van der Waals surface area (Å²) in [7, 11) is -2.08. The van der Waals surface area contributed by atoms with Crippen molar-refractivity contribution in [1.82, 2.24) is 4.90 Å². The van der Waals surface area contributed by atoms with Crippen LogP contribution in [0, 0.1) is 0 Å². The van der Waals surface area contributed by atoms with Crippen molar-refractivity contribution >= 4 is 29.5 Å². The molecule has 1 aliphatic heterocycles. The summed E-state index contributed by atoms with van der Waals surface area (Å²) in [6, 6.07) is 0. The lowest BCUT2D eigenvalue weighted by atomic mass is 10.2. The van der Waals surface area contributed by atoms with Crippen LogP contribution in [0.3, 0.4) is 0 Å². The minimum Gasteiger partial charge on any atom is -0.384 e. The van der Waals surface area contributed by atoms with Crippen LogP contribution >= 0.6 is 17.2 Å². The Balaban J connectivity index is 0. The lowest BCUT2D eigenvalue weighted by Crippen LogP contribution is -2.28. The van der Waals surface area contributed by atoms with Crippen LogP contribution in [-0.4, -0.2) is 71.0 Å². The van der Waals surface area contributed by atoms with Gasteiger partial charge in [-0.15, -0.1) is 0 Å². The number of carbonyl (C=O) groups excluding carboxylic acids is 1. The lowest BCUT2D eigenvalue weighted by Gasteiger charge is -2.23. The highest BCUT2D eigenvalue weighted by atomic mass is 31.2. The van der Waals surface area contributed by atoms with E-state index in [0.717, 1.165) is 32.1 Å². The zero-order valence-electron chi connectivity index (χ0n) is 19.8. The van der Waals surface area contributed by atoms with Gasteiger partial charge in [-0.2, -0.15) is 4.99 Å². The molecule has 3 atom stereocenters. The third kappa shape index (κ3) is 19.9. The van der Waals surface area contributed by atoms with Crippen LogP contribution in [0.1, 0.15) is 59.8 Å². The summed E-state index contributed by atoms with van der Waals surface area (Å²) in [6.07, 6.45) is 7.86. The molecule has 1 fully saturated rings. The van der Waals surface area contributed by atoms with Crippen molar-refractivity contribution in [3.8, 4) is 0 Å². The second-order valence-corrected chi connectivity index (χ2v) is 7.99. The van der Waals surface area contributed by atoms with Gasteiger partial charge in [-0.3, -0.25) is 4.79 Å². The molecule has 0 saturated carbocycles. The van der Waals surface area contributed by atoms with Crippen LogP contribution in [0.2, 0.25) is 0 Å². The van der Waals surface area contributed by atoms with E-state index in [1.54, 1.807) is 6.20 Å². The van der Waals surface area contributed by atoms with Gasteiger partial charge in [0.25, 0.3) is 0 Å². The highest BCUT2D eigenvalue weighted by molar-refractivity contribution is 7.40. The molecule has 0 radical (unpaired) electrons. The maximum Gasteiger partial charge on any atom is 0.329 e. The van der Waals surface area contributed by atoms with E-state index in [9.17, 15) is 9.69 Å². The molecule has 0 aliphatic carbocycles. The molecule has 0 aromatic carbocycles. The molecular weight excluding hydrogens is 460 g/mol. The molecule has 32 heavy (non-hydrogen) atoms. The fraction of sp³-hybridized carbons (Fsp3) is 0.789. The number of ether oxygens (including phenoxy) is 1. The van der Waals surface area contributed by atoms with E-state index in [-0.39, 0.29) is 18.2 Å². The summed E-state index contributed by atoms with van der Waals surface area (Å²) in [4.78, 5) is 41.2. The van der Waals surface area contributed by atoms with Gasteiger partial charge in [-0.05, 0) is 31.8 Å². The zero-order chi connectivity index (χ0) is 24.8. The molecule has 1 amide bonds. The minimum atomic E-state index is -2.11. The second-order valence-electron chi connectivity index (χ2n) is 6.24. The number of hydrogen-bond acceptors (Lipinski definition) is 9. The number of nitrogens with two attached hydrogens (primary N) is 1. The van der Waals surface area contributed by atoms with Crippen LogP contribution in [0.15, 0.2) is 17.3 Å². The SMILES string of the molecule is CC.CCCCOP(O)OCC1CCC(N(C)/C=C\C(N)=NC=O)O1.CCCOP(O)O. The first kappa shape index (κ1) is 33.4. The molecule has 0 bridgehead atoms. The van der Waals surface area contributed by atoms with Gasteiger partial charge >= 0.3 is 17.2 Å². The van der Waals surface area contributed by atoms with Crippen molar-refractivity contribution in [1.29, 1.82) is 0 Å². The van der Waals surface area contributed by atoms with Crippen LogP contribution in [0.5, 0.6) is 0 Å². The molecule has 1 heterocycles. The van der Waals surface area contributed by atoms with Crippen LogP contribution in [0.25, 0.3) is 0 Å².